The first-order chi connectivity index (χ1) is 11.1. The Balaban J connectivity index is 2.44. The van der Waals surface area contributed by atoms with Crippen molar-refractivity contribution in [2.24, 2.45) is 5.73 Å². The predicted molar refractivity (Wildman–Crippen MR) is 78.2 cm³/mol. The third-order valence-corrected chi connectivity index (χ3v) is 2.84. The van der Waals surface area contributed by atoms with Gasteiger partial charge in [0.1, 0.15) is 5.82 Å². The molecule has 0 amide bonds. The van der Waals surface area contributed by atoms with Crippen LogP contribution in [0.2, 0.25) is 0 Å². The molecule has 10 heteroatoms. The molecule has 0 unspecified atom stereocenters. The number of nitrogens with two attached hydrogens (primary N) is 1. The summed E-state index contributed by atoms with van der Waals surface area (Å²) in [5, 5.41) is 2.05. The summed E-state index contributed by atoms with van der Waals surface area (Å²) in [6.45, 7) is 0. The van der Waals surface area contributed by atoms with Crippen LogP contribution in [-0.2, 0) is 6.18 Å². The van der Waals surface area contributed by atoms with E-state index in [4.69, 9.17) is 10.5 Å². The fourth-order valence-corrected chi connectivity index (χ4v) is 1.86. The molecule has 0 saturated carbocycles. The highest BCUT2D eigenvalue weighted by Crippen LogP contribution is 2.37. The van der Waals surface area contributed by atoms with Crippen LogP contribution >= 0.6 is 12.2 Å². The first-order valence-corrected chi connectivity index (χ1v) is 6.59. The van der Waals surface area contributed by atoms with E-state index in [0.29, 0.717) is 0 Å². The zero-order valence-corrected chi connectivity index (χ0v) is 12.4. The maximum absolute atomic E-state index is 13.8. The van der Waals surface area contributed by atoms with E-state index in [1.165, 1.54) is 0 Å². The van der Waals surface area contributed by atoms with Crippen molar-refractivity contribution in [1.82, 2.24) is 0 Å². The number of thiocarbonyl (C=S) groups is 1. The molecular formula is C14H8F6N2OS. The molecule has 0 spiro atoms. The molecular weight excluding hydrogens is 358 g/mol. The van der Waals surface area contributed by atoms with Crippen LogP contribution in [0.3, 0.4) is 0 Å². The zero-order valence-electron chi connectivity index (χ0n) is 11.5. The topological polar surface area (TPSA) is 47.3 Å². The van der Waals surface area contributed by atoms with Gasteiger partial charge in [0.15, 0.2) is 28.2 Å². The van der Waals surface area contributed by atoms with Gasteiger partial charge in [0.05, 0.1) is 11.3 Å². The molecule has 0 saturated heterocycles. The largest absolute Gasteiger partial charge is 0.449 e. The summed E-state index contributed by atoms with van der Waals surface area (Å²) >= 11 is 4.57. The van der Waals surface area contributed by atoms with E-state index in [0.717, 1.165) is 18.2 Å². The second kappa shape index (κ2) is 6.56. The average molecular weight is 366 g/mol. The van der Waals surface area contributed by atoms with Gasteiger partial charge in [-0.3, -0.25) is 0 Å². The maximum atomic E-state index is 13.8. The number of rotatable bonds is 3. The van der Waals surface area contributed by atoms with Crippen LogP contribution in [-0.4, -0.2) is 5.11 Å². The lowest BCUT2D eigenvalue weighted by Crippen LogP contribution is -2.19. The standard InChI is InChI=1S/C14H8F6N2OS/c15-7-1-2-11(10(5-7)22-13(21)24)23-12-8(16)3-6(4-9(12)17)14(18,19)20/h1-5H,(H3,21,22,24). The summed E-state index contributed by atoms with van der Waals surface area (Å²) < 4.78 is 83.3. The van der Waals surface area contributed by atoms with Gasteiger partial charge in [-0.1, -0.05) is 0 Å². The number of benzene rings is 2. The normalized spacial score (nSPS) is 11.2. The minimum Gasteiger partial charge on any atom is -0.449 e. The van der Waals surface area contributed by atoms with Gasteiger partial charge < -0.3 is 15.8 Å². The molecule has 2 aromatic carbocycles. The lowest BCUT2D eigenvalue weighted by atomic mass is 10.2. The minimum absolute atomic E-state index is 0.0859. The van der Waals surface area contributed by atoms with E-state index >= 15 is 0 Å². The third-order valence-electron chi connectivity index (χ3n) is 2.74. The van der Waals surface area contributed by atoms with Crippen molar-refractivity contribution in [1.29, 1.82) is 0 Å². The Kier molecular flexibility index (Phi) is 4.88. The van der Waals surface area contributed by atoms with Gasteiger partial charge in [0.2, 0.25) is 0 Å². The third kappa shape index (κ3) is 4.07. The van der Waals surface area contributed by atoms with E-state index in [-0.39, 0.29) is 28.7 Å². The number of anilines is 1. The fraction of sp³-hybridized carbons (Fsp3) is 0.0714. The second-order valence-corrected chi connectivity index (χ2v) is 4.94. The summed E-state index contributed by atoms with van der Waals surface area (Å²) in [6, 6.07) is 2.98. The molecule has 24 heavy (non-hydrogen) atoms. The summed E-state index contributed by atoms with van der Waals surface area (Å²) in [7, 11) is 0. The first kappa shape index (κ1) is 17.9. The molecule has 2 aromatic rings. The van der Waals surface area contributed by atoms with Crippen molar-refractivity contribution in [2.45, 2.75) is 6.18 Å². The fourth-order valence-electron chi connectivity index (χ4n) is 1.75. The number of hydrogen-bond donors (Lipinski definition) is 2. The lowest BCUT2D eigenvalue weighted by molar-refractivity contribution is -0.138. The van der Waals surface area contributed by atoms with Crippen molar-refractivity contribution in [3.63, 3.8) is 0 Å². The molecule has 0 atom stereocenters. The average Bonchev–Trinajstić information content (AvgIpc) is 2.43. The molecule has 128 valence electrons. The predicted octanol–water partition coefficient (Wildman–Crippen LogP) is 4.57. The Labute approximate surface area is 137 Å². The Morgan fingerprint density at radius 3 is 2.12 bits per heavy atom. The number of alkyl halides is 3. The molecule has 0 aromatic heterocycles. The highest BCUT2D eigenvalue weighted by Gasteiger charge is 2.33. The molecule has 0 heterocycles. The summed E-state index contributed by atoms with van der Waals surface area (Å²) in [4.78, 5) is 0. The van der Waals surface area contributed by atoms with Crippen LogP contribution in [0.15, 0.2) is 30.3 Å². The molecule has 0 aliphatic heterocycles. The van der Waals surface area contributed by atoms with Crippen LogP contribution in [0.25, 0.3) is 0 Å². The Hall–Kier alpha value is -2.49. The summed E-state index contributed by atoms with van der Waals surface area (Å²) in [5.74, 6) is -5.25. The molecule has 0 aliphatic rings. The van der Waals surface area contributed by atoms with Gasteiger partial charge in [-0.2, -0.15) is 13.2 Å². The molecule has 0 aliphatic carbocycles. The molecule has 0 bridgehead atoms. The van der Waals surface area contributed by atoms with Gasteiger partial charge in [0.25, 0.3) is 0 Å². The van der Waals surface area contributed by atoms with Gasteiger partial charge >= 0.3 is 6.18 Å². The van der Waals surface area contributed by atoms with Crippen molar-refractivity contribution in [3.8, 4) is 11.5 Å². The summed E-state index contributed by atoms with van der Waals surface area (Å²) in [6.07, 6.45) is -4.92. The van der Waals surface area contributed by atoms with Gasteiger partial charge in [-0.25, -0.2) is 13.2 Å². The number of halogens is 6. The van der Waals surface area contributed by atoms with Gasteiger partial charge in [0, 0.05) is 6.07 Å². The van der Waals surface area contributed by atoms with Crippen LogP contribution in [0.5, 0.6) is 11.5 Å². The molecule has 2 rings (SSSR count). The number of ether oxygens (including phenoxy) is 1. The van der Waals surface area contributed by atoms with E-state index in [9.17, 15) is 26.3 Å². The minimum atomic E-state index is -4.92. The van der Waals surface area contributed by atoms with Gasteiger partial charge in [-0.15, -0.1) is 0 Å². The van der Waals surface area contributed by atoms with Crippen LogP contribution in [0, 0.1) is 17.5 Å². The number of nitrogens with one attached hydrogen (secondary N) is 1. The molecule has 3 nitrogen and oxygen atoms in total. The zero-order chi connectivity index (χ0) is 18.1. The van der Waals surface area contributed by atoms with E-state index in [1.54, 1.807) is 0 Å². The van der Waals surface area contributed by atoms with E-state index in [2.05, 4.69) is 17.5 Å². The Bertz CT molecular complexity index is 770. The first-order valence-electron chi connectivity index (χ1n) is 6.18. The SMILES string of the molecule is NC(=S)Nc1cc(F)ccc1Oc1c(F)cc(C(F)(F)F)cc1F. The molecule has 3 N–H and O–H groups in total. The molecule has 0 radical (unpaired) electrons. The maximum Gasteiger partial charge on any atom is 0.416 e. The van der Waals surface area contributed by atoms with E-state index in [1.807, 2.05) is 0 Å². The van der Waals surface area contributed by atoms with Crippen molar-refractivity contribution in [3.05, 3.63) is 53.3 Å². The quantitative estimate of drug-likeness (QED) is 0.617. The van der Waals surface area contributed by atoms with E-state index < -0.39 is 34.9 Å². The van der Waals surface area contributed by atoms with Crippen molar-refractivity contribution >= 4 is 23.0 Å². The second-order valence-electron chi connectivity index (χ2n) is 4.50. The van der Waals surface area contributed by atoms with Gasteiger partial charge in [-0.05, 0) is 36.5 Å². The lowest BCUT2D eigenvalue weighted by Gasteiger charge is -2.14. The van der Waals surface area contributed by atoms with Crippen LogP contribution in [0.1, 0.15) is 5.56 Å². The highest BCUT2D eigenvalue weighted by atomic mass is 32.1. The van der Waals surface area contributed by atoms with Crippen molar-refractivity contribution < 1.29 is 31.1 Å². The van der Waals surface area contributed by atoms with Crippen molar-refractivity contribution in [2.75, 3.05) is 5.32 Å². The number of hydrogen-bond acceptors (Lipinski definition) is 2. The highest BCUT2D eigenvalue weighted by molar-refractivity contribution is 7.80. The Morgan fingerprint density at radius 2 is 1.62 bits per heavy atom. The Morgan fingerprint density at radius 1 is 1.04 bits per heavy atom. The monoisotopic (exact) mass is 366 g/mol. The smallest absolute Gasteiger partial charge is 0.416 e. The van der Waals surface area contributed by atoms with Crippen LogP contribution in [0.4, 0.5) is 32.0 Å². The summed E-state index contributed by atoms with van der Waals surface area (Å²) in [5.41, 5.74) is 3.57. The van der Waals surface area contributed by atoms with Crippen LogP contribution < -0.4 is 15.8 Å². The molecule has 0 fully saturated rings.